The molecule has 0 radical (unpaired) electrons. The number of anilines is 1. The van der Waals surface area contributed by atoms with Gasteiger partial charge in [-0.05, 0) is 79.3 Å². The van der Waals surface area contributed by atoms with Crippen LogP contribution in [0.15, 0.2) is 72.8 Å². The Bertz CT molecular complexity index is 1350. The van der Waals surface area contributed by atoms with Crippen molar-refractivity contribution in [3.63, 3.8) is 0 Å². The summed E-state index contributed by atoms with van der Waals surface area (Å²) in [5.74, 6) is 2.15. The number of aromatic nitrogens is 2. The Kier molecular flexibility index (Phi) is 7.54. The Balaban J connectivity index is 1.23. The molecule has 0 N–H and O–H groups in total. The van der Waals surface area contributed by atoms with Crippen molar-refractivity contribution < 1.29 is 13.9 Å². The van der Waals surface area contributed by atoms with E-state index in [2.05, 4.69) is 48.7 Å². The molecule has 1 aliphatic heterocycles. The molecule has 1 amide bonds. The van der Waals surface area contributed by atoms with Crippen molar-refractivity contribution in [1.82, 2.24) is 9.55 Å². The summed E-state index contributed by atoms with van der Waals surface area (Å²) in [6.07, 6.45) is 3.39. The highest BCUT2D eigenvalue weighted by Gasteiger charge is 2.34. The Labute approximate surface area is 217 Å². The van der Waals surface area contributed by atoms with E-state index < -0.39 is 0 Å². The first-order chi connectivity index (χ1) is 18.0. The van der Waals surface area contributed by atoms with E-state index in [1.165, 1.54) is 17.7 Å². The molecule has 0 saturated carbocycles. The molecule has 1 saturated heterocycles. The molecule has 1 fully saturated rings. The topological polar surface area (TPSA) is 47.4 Å². The summed E-state index contributed by atoms with van der Waals surface area (Å²) in [5, 5.41) is 0. The maximum atomic E-state index is 13.4. The van der Waals surface area contributed by atoms with Crippen molar-refractivity contribution in [1.29, 1.82) is 0 Å². The zero-order valence-electron chi connectivity index (χ0n) is 21.6. The van der Waals surface area contributed by atoms with Gasteiger partial charge in [0.25, 0.3) is 0 Å². The fourth-order valence-corrected chi connectivity index (χ4v) is 5.08. The van der Waals surface area contributed by atoms with E-state index in [4.69, 9.17) is 9.72 Å². The quantitative estimate of drug-likeness (QED) is 0.219. The smallest absolute Gasteiger partial charge is 0.227 e. The maximum Gasteiger partial charge on any atom is 0.227 e. The molecule has 37 heavy (non-hydrogen) atoms. The summed E-state index contributed by atoms with van der Waals surface area (Å²) in [6.45, 7) is 6.46. The lowest BCUT2D eigenvalue weighted by Gasteiger charge is -2.17. The second-order valence-electron chi connectivity index (χ2n) is 9.93. The highest BCUT2D eigenvalue weighted by molar-refractivity contribution is 5.96. The number of para-hydroxylation sites is 2. The summed E-state index contributed by atoms with van der Waals surface area (Å²) in [5.41, 5.74) is 4.11. The summed E-state index contributed by atoms with van der Waals surface area (Å²) in [7, 11) is 0. The van der Waals surface area contributed by atoms with E-state index in [1.54, 1.807) is 17.0 Å². The number of aryl methyl sites for hydroxylation is 1. The lowest BCUT2D eigenvalue weighted by Crippen LogP contribution is -2.24. The fourth-order valence-electron chi connectivity index (χ4n) is 5.08. The number of unbranched alkanes of at least 4 members (excludes halogenated alkanes) is 1. The van der Waals surface area contributed by atoms with Gasteiger partial charge < -0.3 is 14.2 Å². The molecule has 3 aromatic carbocycles. The number of hydrogen-bond acceptors (Lipinski definition) is 3. The number of halogens is 1. The number of nitrogens with zero attached hydrogens (tertiary/aromatic N) is 3. The van der Waals surface area contributed by atoms with Gasteiger partial charge in [0.1, 0.15) is 17.4 Å². The molecule has 1 aliphatic rings. The van der Waals surface area contributed by atoms with Crippen molar-refractivity contribution in [2.24, 2.45) is 0 Å². The highest BCUT2D eigenvalue weighted by Crippen LogP contribution is 2.33. The molecule has 2 atom stereocenters. The first kappa shape index (κ1) is 25.0. The van der Waals surface area contributed by atoms with Crippen LogP contribution in [0.25, 0.3) is 11.0 Å². The first-order valence-electron chi connectivity index (χ1n) is 13.3. The molecule has 2 unspecified atom stereocenters. The lowest BCUT2D eigenvalue weighted by atomic mass is 9.99. The second kappa shape index (κ2) is 11.2. The third-order valence-corrected chi connectivity index (χ3v) is 7.42. The molecular formula is C31H34FN3O2. The van der Waals surface area contributed by atoms with Gasteiger partial charge in [-0.2, -0.15) is 0 Å². The Morgan fingerprint density at radius 1 is 1.03 bits per heavy atom. The van der Waals surface area contributed by atoms with Gasteiger partial charge in [-0.3, -0.25) is 4.79 Å². The van der Waals surface area contributed by atoms with Crippen LogP contribution in [0.1, 0.15) is 62.8 Å². The maximum absolute atomic E-state index is 13.4. The predicted octanol–water partition coefficient (Wildman–Crippen LogP) is 7.07. The van der Waals surface area contributed by atoms with Crippen LogP contribution in [0.4, 0.5) is 10.1 Å². The largest absolute Gasteiger partial charge is 0.494 e. The number of carbonyl (C=O) groups is 1. The number of ether oxygens (including phenoxy) is 1. The minimum atomic E-state index is -0.305. The molecule has 6 heteroatoms. The number of fused-ring (bicyclic) bond motifs is 1. The van der Waals surface area contributed by atoms with Crippen molar-refractivity contribution in [3.05, 3.63) is 90.0 Å². The fraction of sp³-hybridized carbons (Fsp3) is 0.355. The molecule has 2 heterocycles. The first-order valence-corrected chi connectivity index (χ1v) is 13.3. The van der Waals surface area contributed by atoms with Gasteiger partial charge in [0.2, 0.25) is 5.91 Å². The van der Waals surface area contributed by atoms with Crippen LogP contribution in [0.2, 0.25) is 0 Å². The molecule has 0 bridgehead atoms. The van der Waals surface area contributed by atoms with Crippen LogP contribution < -0.4 is 9.64 Å². The average molecular weight is 500 g/mol. The van der Waals surface area contributed by atoms with Gasteiger partial charge in [-0.1, -0.05) is 38.1 Å². The molecule has 1 aromatic heterocycles. The summed E-state index contributed by atoms with van der Waals surface area (Å²) in [6, 6.07) is 22.7. The third kappa shape index (κ3) is 5.53. The van der Waals surface area contributed by atoms with E-state index in [0.29, 0.717) is 25.5 Å². The summed E-state index contributed by atoms with van der Waals surface area (Å²) >= 11 is 0. The van der Waals surface area contributed by atoms with Gasteiger partial charge in [-0.15, -0.1) is 0 Å². The van der Waals surface area contributed by atoms with E-state index in [0.717, 1.165) is 54.1 Å². The van der Waals surface area contributed by atoms with E-state index in [-0.39, 0.29) is 17.6 Å². The number of carbonyl (C=O) groups excluding carboxylic acids is 1. The highest BCUT2D eigenvalue weighted by atomic mass is 19.1. The molecule has 192 valence electrons. The van der Waals surface area contributed by atoms with Gasteiger partial charge in [0.05, 0.1) is 17.6 Å². The third-order valence-electron chi connectivity index (χ3n) is 7.42. The van der Waals surface area contributed by atoms with Gasteiger partial charge in [0.15, 0.2) is 0 Å². The Hall–Kier alpha value is -3.67. The standard InChI is InChI=1S/C31H34FN3O2/c1-3-22(2)23-10-16-27(17-11-23)37-19-7-6-18-34-29-9-5-4-8-28(29)33-31(34)24-20-30(36)35(21-24)26-14-12-25(32)13-15-26/h4-5,8-17,22,24H,3,6-7,18-21H2,1-2H3. The van der Waals surface area contributed by atoms with Crippen LogP contribution in [-0.4, -0.2) is 28.6 Å². The average Bonchev–Trinajstić information content (AvgIpc) is 3.49. The zero-order valence-corrected chi connectivity index (χ0v) is 21.6. The second-order valence-corrected chi connectivity index (χ2v) is 9.93. The predicted molar refractivity (Wildman–Crippen MR) is 146 cm³/mol. The van der Waals surface area contributed by atoms with Crippen molar-refractivity contribution in [2.75, 3.05) is 18.1 Å². The van der Waals surface area contributed by atoms with Crippen LogP contribution in [0.3, 0.4) is 0 Å². The Morgan fingerprint density at radius 2 is 1.78 bits per heavy atom. The van der Waals surface area contributed by atoms with Crippen molar-refractivity contribution in [2.45, 2.75) is 57.9 Å². The van der Waals surface area contributed by atoms with Gasteiger partial charge >= 0.3 is 0 Å². The van der Waals surface area contributed by atoms with Crippen LogP contribution in [0, 0.1) is 5.82 Å². The number of hydrogen-bond donors (Lipinski definition) is 0. The molecule has 0 aliphatic carbocycles. The zero-order chi connectivity index (χ0) is 25.8. The van der Waals surface area contributed by atoms with E-state index in [9.17, 15) is 9.18 Å². The summed E-state index contributed by atoms with van der Waals surface area (Å²) in [4.78, 5) is 19.5. The minimum Gasteiger partial charge on any atom is -0.494 e. The van der Waals surface area contributed by atoms with Crippen molar-refractivity contribution >= 4 is 22.6 Å². The minimum absolute atomic E-state index is 0.00905. The van der Waals surface area contributed by atoms with Gasteiger partial charge in [-0.25, -0.2) is 9.37 Å². The molecule has 5 rings (SSSR count). The number of benzene rings is 3. The number of amides is 1. The lowest BCUT2D eigenvalue weighted by molar-refractivity contribution is -0.117. The molecule has 5 nitrogen and oxygen atoms in total. The van der Waals surface area contributed by atoms with Crippen molar-refractivity contribution in [3.8, 4) is 5.75 Å². The summed E-state index contributed by atoms with van der Waals surface area (Å²) < 4.78 is 21.6. The molecule has 0 spiro atoms. The Morgan fingerprint density at radius 3 is 2.54 bits per heavy atom. The van der Waals surface area contributed by atoms with Crippen LogP contribution in [-0.2, 0) is 11.3 Å². The van der Waals surface area contributed by atoms with Gasteiger partial charge in [0, 0.05) is 31.1 Å². The molecular weight excluding hydrogens is 465 g/mol. The van der Waals surface area contributed by atoms with Crippen LogP contribution >= 0.6 is 0 Å². The monoisotopic (exact) mass is 499 g/mol. The SMILES string of the molecule is CCC(C)c1ccc(OCCCCn2c(C3CC(=O)N(c4ccc(F)cc4)C3)nc3ccccc32)cc1. The van der Waals surface area contributed by atoms with E-state index >= 15 is 0 Å². The normalized spacial score (nSPS) is 16.5. The van der Waals surface area contributed by atoms with Crippen LogP contribution in [0.5, 0.6) is 5.75 Å². The number of imidazole rings is 1. The molecule has 4 aromatic rings. The number of rotatable bonds is 10. The van der Waals surface area contributed by atoms with E-state index in [1.807, 2.05) is 18.2 Å².